The maximum absolute atomic E-state index is 12.2. The van der Waals surface area contributed by atoms with Crippen LogP contribution in [0.4, 0.5) is 5.69 Å². The van der Waals surface area contributed by atoms with E-state index in [4.69, 9.17) is 15.9 Å². The number of benzene rings is 2. The molecule has 3 rings (SSSR count). The molecule has 6 N–H and O–H groups in total. The number of aliphatic imine (C=N–C) groups is 1. The highest BCUT2D eigenvalue weighted by Gasteiger charge is 2.07. The zero-order valence-corrected chi connectivity index (χ0v) is 14.8. The molecule has 0 aromatic heterocycles. The molecule has 140 valence electrons. The monoisotopic (exact) mass is 366 g/mol. The molecule has 2 aromatic rings. The van der Waals surface area contributed by atoms with E-state index in [0.717, 1.165) is 24.7 Å². The number of nitrogens with zero attached hydrogens (tertiary/aromatic N) is 1. The van der Waals surface area contributed by atoms with Gasteiger partial charge in [0.15, 0.2) is 5.96 Å². The highest BCUT2D eigenvalue weighted by molar-refractivity contribution is 5.97. The fourth-order valence-electron chi connectivity index (χ4n) is 2.51. The number of carbonyl (C=O) groups is 1. The molecule has 8 heteroatoms. The normalized spacial score (nSPS) is 12.7. The topological polar surface area (TPSA) is 125 Å². The minimum Gasteiger partial charge on any atom is -0.492 e. The molecule has 0 bridgehead atoms. The number of carbonyl (C=O) groups excluding carboxylic acids is 1. The van der Waals surface area contributed by atoms with E-state index in [2.05, 4.69) is 20.9 Å². The SMILES string of the molecule is N=C(N)c1cccc(OCCNC(=O)c2ccc(NC3=NCCN3)cc2)c1. The number of nitrogens with one attached hydrogen (secondary N) is 4. The van der Waals surface area contributed by atoms with Gasteiger partial charge in [0.2, 0.25) is 0 Å². The van der Waals surface area contributed by atoms with Crippen LogP contribution in [-0.2, 0) is 0 Å². The van der Waals surface area contributed by atoms with E-state index < -0.39 is 0 Å². The van der Waals surface area contributed by atoms with E-state index in [0.29, 0.717) is 30.0 Å². The Morgan fingerprint density at radius 1 is 1.22 bits per heavy atom. The van der Waals surface area contributed by atoms with Crippen LogP contribution in [0.5, 0.6) is 5.75 Å². The van der Waals surface area contributed by atoms with Crippen molar-refractivity contribution in [1.29, 1.82) is 5.41 Å². The van der Waals surface area contributed by atoms with Gasteiger partial charge in [-0.1, -0.05) is 12.1 Å². The molecule has 0 atom stereocenters. The van der Waals surface area contributed by atoms with Crippen molar-refractivity contribution in [3.05, 3.63) is 59.7 Å². The lowest BCUT2D eigenvalue weighted by atomic mass is 10.2. The Balaban J connectivity index is 1.43. The Morgan fingerprint density at radius 2 is 2.04 bits per heavy atom. The van der Waals surface area contributed by atoms with Gasteiger partial charge in [-0.15, -0.1) is 0 Å². The highest BCUT2D eigenvalue weighted by atomic mass is 16.5. The van der Waals surface area contributed by atoms with Crippen LogP contribution in [0.3, 0.4) is 0 Å². The second-order valence-electron chi connectivity index (χ2n) is 5.91. The van der Waals surface area contributed by atoms with Crippen molar-refractivity contribution in [2.24, 2.45) is 10.7 Å². The minimum atomic E-state index is -0.168. The molecule has 0 fully saturated rings. The van der Waals surface area contributed by atoms with E-state index in [1.807, 2.05) is 12.1 Å². The first-order valence-corrected chi connectivity index (χ1v) is 8.63. The summed E-state index contributed by atoms with van der Waals surface area (Å²) in [6, 6.07) is 14.2. The van der Waals surface area contributed by atoms with Gasteiger partial charge >= 0.3 is 0 Å². The average Bonchev–Trinajstić information content (AvgIpc) is 3.19. The number of rotatable bonds is 7. The fraction of sp³-hybridized carbons (Fsp3) is 0.211. The standard InChI is InChI=1S/C19H22N6O2/c20-17(21)14-2-1-3-16(12-14)27-11-10-22-18(26)13-4-6-15(7-5-13)25-19-23-8-9-24-19/h1-7,12H,8-11H2,(H3,20,21)(H,22,26)(H2,23,24,25). The molecule has 8 nitrogen and oxygen atoms in total. The molecule has 0 aliphatic carbocycles. The lowest BCUT2D eigenvalue weighted by molar-refractivity contribution is 0.0947. The Morgan fingerprint density at radius 3 is 2.74 bits per heavy atom. The van der Waals surface area contributed by atoms with E-state index in [1.165, 1.54) is 0 Å². The van der Waals surface area contributed by atoms with Gasteiger partial charge in [0.1, 0.15) is 18.2 Å². The molecule has 1 aliphatic rings. The van der Waals surface area contributed by atoms with Gasteiger partial charge in [-0.3, -0.25) is 15.2 Å². The predicted octanol–water partition coefficient (Wildman–Crippen LogP) is 1.15. The lowest BCUT2D eigenvalue weighted by Crippen LogP contribution is -2.28. The van der Waals surface area contributed by atoms with Crippen LogP contribution in [0.15, 0.2) is 53.5 Å². The van der Waals surface area contributed by atoms with Crippen molar-refractivity contribution >= 4 is 23.4 Å². The summed E-state index contributed by atoms with van der Waals surface area (Å²) >= 11 is 0. The summed E-state index contributed by atoms with van der Waals surface area (Å²) in [4.78, 5) is 16.4. The maximum Gasteiger partial charge on any atom is 0.251 e. The molecule has 0 unspecified atom stereocenters. The number of hydrogen-bond acceptors (Lipinski definition) is 6. The van der Waals surface area contributed by atoms with Crippen LogP contribution in [0.1, 0.15) is 15.9 Å². The third kappa shape index (κ3) is 5.21. The van der Waals surface area contributed by atoms with Crippen LogP contribution < -0.4 is 26.4 Å². The minimum absolute atomic E-state index is 0.0116. The van der Waals surface area contributed by atoms with Gasteiger partial charge < -0.3 is 26.4 Å². The van der Waals surface area contributed by atoms with Gasteiger partial charge in [0.25, 0.3) is 5.91 Å². The first kappa shape index (κ1) is 18.2. The van der Waals surface area contributed by atoms with Crippen LogP contribution in [0, 0.1) is 5.41 Å². The van der Waals surface area contributed by atoms with Crippen LogP contribution in [-0.4, -0.2) is 43.9 Å². The summed E-state index contributed by atoms with van der Waals surface area (Å²) in [5, 5.41) is 16.5. The van der Waals surface area contributed by atoms with Gasteiger partial charge in [0.05, 0.1) is 13.1 Å². The van der Waals surface area contributed by atoms with E-state index >= 15 is 0 Å². The first-order chi connectivity index (χ1) is 13.1. The number of nitrogen functional groups attached to an aromatic ring is 1. The Kier molecular flexibility index (Phi) is 5.88. The Labute approximate surface area is 157 Å². The van der Waals surface area contributed by atoms with Crippen molar-refractivity contribution in [2.45, 2.75) is 0 Å². The number of ether oxygens (including phenoxy) is 1. The number of amides is 1. The van der Waals surface area contributed by atoms with E-state index in [9.17, 15) is 4.79 Å². The zero-order valence-electron chi connectivity index (χ0n) is 14.8. The quantitative estimate of drug-likeness (QED) is 0.286. The van der Waals surface area contributed by atoms with Crippen molar-refractivity contribution in [1.82, 2.24) is 10.6 Å². The molecule has 1 aliphatic heterocycles. The molecule has 1 heterocycles. The molecular weight excluding hydrogens is 344 g/mol. The number of amidine groups is 1. The van der Waals surface area contributed by atoms with E-state index in [-0.39, 0.29) is 11.7 Å². The molecule has 0 spiro atoms. The van der Waals surface area contributed by atoms with Crippen molar-refractivity contribution in [3.63, 3.8) is 0 Å². The lowest BCUT2D eigenvalue weighted by Gasteiger charge is -2.10. The third-order valence-corrected chi connectivity index (χ3v) is 3.89. The van der Waals surface area contributed by atoms with Crippen molar-refractivity contribution in [2.75, 3.05) is 31.6 Å². The van der Waals surface area contributed by atoms with Gasteiger partial charge in [0, 0.05) is 23.4 Å². The summed E-state index contributed by atoms with van der Waals surface area (Å²) in [5.74, 6) is 1.18. The summed E-state index contributed by atoms with van der Waals surface area (Å²) in [7, 11) is 0. The summed E-state index contributed by atoms with van der Waals surface area (Å²) < 4.78 is 5.58. The Bertz CT molecular complexity index is 848. The largest absolute Gasteiger partial charge is 0.492 e. The second kappa shape index (κ2) is 8.70. The zero-order chi connectivity index (χ0) is 19.1. The molecule has 0 radical (unpaired) electrons. The van der Waals surface area contributed by atoms with Gasteiger partial charge in [-0.05, 0) is 36.4 Å². The first-order valence-electron chi connectivity index (χ1n) is 8.63. The van der Waals surface area contributed by atoms with Crippen molar-refractivity contribution < 1.29 is 9.53 Å². The molecular formula is C19H22N6O2. The predicted molar refractivity (Wildman–Crippen MR) is 106 cm³/mol. The fourth-order valence-corrected chi connectivity index (χ4v) is 2.51. The highest BCUT2D eigenvalue weighted by Crippen LogP contribution is 2.13. The van der Waals surface area contributed by atoms with E-state index in [1.54, 1.807) is 36.4 Å². The molecule has 0 saturated heterocycles. The van der Waals surface area contributed by atoms with Crippen LogP contribution >= 0.6 is 0 Å². The summed E-state index contributed by atoms with van der Waals surface area (Å²) in [5.41, 5.74) is 7.49. The number of nitrogens with two attached hydrogens (primary N) is 1. The van der Waals surface area contributed by atoms with Crippen LogP contribution in [0.2, 0.25) is 0 Å². The molecule has 1 amide bonds. The van der Waals surface area contributed by atoms with Crippen molar-refractivity contribution in [3.8, 4) is 5.75 Å². The summed E-state index contributed by atoms with van der Waals surface area (Å²) in [6.45, 7) is 2.29. The Hall–Kier alpha value is -3.55. The second-order valence-corrected chi connectivity index (χ2v) is 5.91. The molecule has 2 aromatic carbocycles. The summed E-state index contributed by atoms with van der Waals surface area (Å²) in [6.07, 6.45) is 0. The van der Waals surface area contributed by atoms with Gasteiger partial charge in [-0.25, -0.2) is 0 Å². The third-order valence-electron chi connectivity index (χ3n) is 3.89. The maximum atomic E-state index is 12.2. The van der Waals surface area contributed by atoms with Gasteiger partial charge in [-0.2, -0.15) is 0 Å². The number of anilines is 1. The average molecular weight is 366 g/mol. The number of hydrogen-bond donors (Lipinski definition) is 5. The number of guanidine groups is 1. The molecule has 27 heavy (non-hydrogen) atoms. The smallest absolute Gasteiger partial charge is 0.251 e. The van der Waals surface area contributed by atoms with Crippen LogP contribution in [0.25, 0.3) is 0 Å². The molecule has 0 saturated carbocycles.